The lowest BCUT2D eigenvalue weighted by Crippen LogP contribution is -2.13. The normalized spacial score (nSPS) is 14.4. The van der Waals surface area contributed by atoms with Crippen LogP contribution in [0.25, 0.3) is 0 Å². The number of nitrogens with zero attached hydrogens (tertiary/aromatic N) is 2. The van der Waals surface area contributed by atoms with Crippen LogP contribution in [0.5, 0.6) is 0 Å². The first-order valence-electron chi connectivity index (χ1n) is 4.70. The van der Waals surface area contributed by atoms with Crippen molar-refractivity contribution in [2.24, 2.45) is 0 Å². The van der Waals surface area contributed by atoms with Gasteiger partial charge in [-0.3, -0.25) is 4.90 Å². The summed E-state index contributed by atoms with van der Waals surface area (Å²) in [5, 5.41) is 0. The Morgan fingerprint density at radius 1 is 1.29 bits per heavy atom. The van der Waals surface area contributed by atoms with Crippen LogP contribution in [-0.2, 0) is 6.42 Å². The molecule has 3 rings (SSSR count). The van der Waals surface area contributed by atoms with E-state index in [0.717, 1.165) is 13.0 Å². The fourth-order valence-electron chi connectivity index (χ4n) is 1.89. The highest BCUT2D eigenvalue weighted by molar-refractivity contribution is 5.64. The van der Waals surface area contributed by atoms with E-state index in [1.165, 1.54) is 11.3 Å². The molecule has 3 nitrogen and oxygen atoms in total. The predicted molar refractivity (Wildman–Crippen MR) is 53.7 cm³/mol. The molecule has 0 radical (unpaired) electrons. The van der Waals surface area contributed by atoms with Gasteiger partial charge < -0.3 is 4.42 Å². The van der Waals surface area contributed by atoms with Crippen molar-refractivity contribution in [2.45, 2.75) is 6.42 Å². The summed E-state index contributed by atoms with van der Waals surface area (Å²) in [5.74, 6) is 0. The number of oxazole rings is 1. The molecule has 0 amide bonds. The molecule has 0 saturated heterocycles. The van der Waals surface area contributed by atoms with Crippen molar-refractivity contribution in [3.05, 3.63) is 42.3 Å². The summed E-state index contributed by atoms with van der Waals surface area (Å²) < 4.78 is 5.29. The number of aromatic nitrogens is 1. The fourth-order valence-corrected chi connectivity index (χ4v) is 1.89. The quantitative estimate of drug-likeness (QED) is 0.684. The second-order valence-corrected chi connectivity index (χ2v) is 3.35. The van der Waals surface area contributed by atoms with E-state index >= 15 is 0 Å². The Morgan fingerprint density at radius 3 is 3.07 bits per heavy atom. The highest BCUT2D eigenvalue weighted by Crippen LogP contribution is 2.32. The van der Waals surface area contributed by atoms with Crippen LogP contribution >= 0.6 is 0 Å². The first-order valence-corrected chi connectivity index (χ1v) is 4.70. The van der Waals surface area contributed by atoms with E-state index in [1.54, 1.807) is 12.5 Å². The van der Waals surface area contributed by atoms with Crippen molar-refractivity contribution >= 4 is 11.7 Å². The van der Waals surface area contributed by atoms with Gasteiger partial charge in [0.25, 0.3) is 0 Å². The number of hydrogen-bond donors (Lipinski definition) is 0. The first kappa shape index (κ1) is 7.62. The highest BCUT2D eigenvalue weighted by atomic mass is 16.4. The highest BCUT2D eigenvalue weighted by Gasteiger charge is 2.22. The van der Waals surface area contributed by atoms with Crippen LogP contribution in [0, 0.1) is 0 Å². The Balaban J connectivity index is 2.06. The van der Waals surface area contributed by atoms with Gasteiger partial charge in [0, 0.05) is 12.2 Å². The molecule has 0 atom stereocenters. The van der Waals surface area contributed by atoms with Gasteiger partial charge in [-0.25, -0.2) is 4.98 Å². The Hall–Kier alpha value is -1.77. The summed E-state index contributed by atoms with van der Waals surface area (Å²) in [7, 11) is 0. The molecule has 0 aliphatic carbocycles. The molecule has 0 unspecified atom stereocenters. The number of anilines is 2. The van der Waals surface area contributed by atoms with Gasteiger partial charge in [-0.1, -0.05) is 18.2 Å². The molecule has 2 heterocycles. The molecule has 0 spiro atoms. The van der Waals surface area contributed by atoms with Crippen molar-refractivity contribution < 1.29 is 4.42 Å². The zero-order valence-corrected chi connectivity index (χ0v) is 7.68. The minimum Gasteiger partial charge on any atom is -0.432 e. The van der Waals surface area contributed by atoms with Crippen LogP contribution in [0.4, 0.5) is 11.7 Å². The van der Waals surface area contributed by atoms with E-state index in [9.17, 15) is 0 Å². The molecule has 0 fully saturated rings. The van der Waals surface area contributed by atoms with E-state index in [4.69, 9.17) is 4.42 Å². The van der Waals surface area contributed by atoms with E-state index in [-0.39, 0.29) is 0 Å². The second kappa shape index (κ2) is 2.87. The van der Waals surface area contributed by atoms with Crippen molar-refractivity contribution in [3.63, 3.8) is 0 Å². The molecule has 1 aliphatic heterocycles. The Bertz CT molecular complexity index is 436. The maximum atomic E-state index is 5.29. The third-order valence-electron chi connectivity index (χ3n) is 2.54. The average molecular weight is 186 g/mol. The van der Waals surface area contributed by atoms with Crippen LogP contribution in [-0.4, -0.2) is 11.5 Å². The lowest BCUT2D eigenvalue weighted by molar-refractivity contribution is 0.556. The maximum Gasteiger partial charge on any atom is 0.301 e. The molecule has 0 saturated carbocycles. The van der Waals surface area contributed by atoms with Gasteiger partial charge in [0.1, 0.15) is 6.26 Å². The zero-order chi connectivity index (χ0) is 9.38. The Labute approximate surface area is 82.0 Å². The van der Waals surface area contributed by atoms with Gasteiger partial charge >= 0.3 is 6.01 Å². The van der Waals surface area contributed by atoms with Crippen molar-refractivity contribution in [1.82, 2.24) is 4.98 Å². The van der Waals surface area contributed by atoms with Crippen molar-refractivity contribution in [3.8, 4) is 0 Å². The number of benzene rings is 1. The molecule has 1 aromatic heterocycles. The summed E-state index contributed by atoms with van der Waals surface area (Å²) in [6.07, 6.45) is 4.35. The van der Waals surface area contributed by atoms with Gasteiger partial charge in [0.05, 0.1) is 6.20 Å². The van der Waals surface area contributed by atoms with Crippen LogP contribution in [0.3, 0.4) is 0 Å². The van der Waals surface area contributed by atoms with Gasteiger partial charge in [0.15, 0.2) is 0 Å². The van der Waals surface area contributed by atoms with Crippen LogP contribution in [0.1, 0.15) is 5.56 Å². The third kappa shape index (κ3) is 1.02. The summed E-state index contributed by atoms with van der Waals surface area (Å²) in [6.45, 7) is 0.958. The minimum atomic E-state index is 0.690. The summed E-state index contributed by atoms with van der Waals surface area (Å²) >= 11 is 0. The summed E-state index contributed by atoms with van der Waals surface area (Å²) in [6, 6.07) is 9.05. The second-order valence-electron chi connectivity index (χ2n) is 3.35. The predicted octanol–water partition coefficient (Wildman–Crippen LogP) is 2.37. The number of hydrogen-bond acceptors (Lipinski definition) is 3. The maximum absolute atomic E-state index is 5.29. The van der Waals surface area contributed by atoms with E-state index in [1.807, 2.05) is 6.07 Å². The molecule has 70 valence electrons. The van der Waals surface area contributed by atoms with E-state index in [0.29, 0.717) is 6.01 Å². The summed E-state index contributed by atoms with van der Waals surface area (Å²) in [5.41, 5.74) is 2.58. The van der Waals surface area contributed by atoms with E-state index < -0.39 is 0 Å². The molecule has 0 bridgehead atoms. The third-order valence-corrected chi connectivity index (χ3v) is 2.54. The molecule has 0 N–H and O–H groups in total. The smallest absolute Gasteiger partial charge is 0.301 e. The van der Waals surface area contributed by atoms with Crippen LogP contribution < -0.4 is 4.90 Å². The zero-order valence-electron chi connectivity index (χ0n) is 7.68. The lowest BCUT2D eigenvalue weighted by atomic mass is 10.2. The van der Waals surface area contributed by atoms with Crippen LogP contribution in [0.15, 0.2) is 41.1 Å². The molecule has 3 heteroatoms. The number of rotatable bonds is 1. The first-order chi connectivity index (χ1) is 6.95. The lowest BCUT2D eigenvalue weighted by Gasteiger charge is -2.13. The number of fused-ring (bicyclic) bond motifs is 1. The van der Waals surface area contributed by atoms with Gasteiger partial charge in [0.2, 0.25) is 0 Å². The fraction of sp³-hybridized carbons (Fsp3) is 0.182. The molecular weight excluding hydrogens is 176 g/mol. The van der Waals surface area contributed by atoms with E-state index in [2.05, 4.69) is 28.1 Å². The van der Waals surface area contributed by atoms with Gasteiger partial charge in [-0.15, -0.1) is 0 Å². The van der Waals surface area contributed by atoms with Crippen LogP contribution in [0.2, 0.25) is 0 Å². The average Bonchev–Trinajstić information content (AvgIpc) is 2.85. The van der Waals surface area contributed by atoms with Gasteiger partial charge in [-0.05, 0) is 18.1 Å². The standard InChI is InChI=1S/C11H10N2O/c1-2-4-10-9(3-1)5-7-13(10)11-12-6-8-14-11/h1-4,6,8H,5,7H2. The number of para-hydroxylation sites is 1. The Morgan fingerprint density at radius 2 is 2.21 bits per heavy atom. The monoisotopic (exact) mass is 186 g/mol. The van der Waals surface area contributed by atoms with Crippen molar-refractivity contribution in [1.29, 1.82) is 0 Å². The molecular formula is C11H10N2O. The largest absolute Gasteiger partial charge is 0.432 e. The SMILES string of the molecule is c1ccc2c(c1)CCN2c1ncco1. The summed E-state index contributed by atoms with van der Waals surface area (Å²) in [4.78, 5) is 6.26. The minimum absolute atomic E-state index is 0.690. The molecule has 1 aliphatic rings. The molecule has 2 aromatic rings. The Kier molecular flexibility index (Phi) is 1.56. The van der Waals surface area contributed by atoms with Crippen molar-refractivity contribution in [2.75, 3.05) is 11.4 Å². The van der Waals surface area contributed by atoms with Gasteiger partial charge in [-0.2, -0.15) is 0 Å². The molecule has 1 aromatic carbocycles. The topological polar surface area (TPSA) is 29.3 Å². The molecule has 14 heavy (non-hydrogen) atoms.